The molecule has 0 aliphatic heterocycles. The third kappa shape index (κ3) is 4.44. The molecular formula is C24H23ClN2O4. The molecule has 0 aliphatic rings. The smallest absolute Gasteiger partial charge is 0.336 e. The van der Waals surface area contributed by atoms with Gasteiger partial charge in [0.25, 0.3) is 5.91 Å². The van der Waals surface area contributed by atoms with Crippen molar-refractivity contribution in [2.24, 2.45) is 0 Å². The molecule has 2 aromatic carbocycles. The van der Waals surface area contributed by atoms with Gasteiger partial charge in [0.05, 0.1) is 5.02 Å². The van der Waals surface area contributed by atoms with Crippen LogP contribution in [0.4, 0.5) is 0 Å². The molecule has 1 atom stereocenters. The molecule has 0 saturated heterocycles. The molecule has 2 N–H and O–H groups in total. The molecule has 2 heterocycles. The highest BCUT2D eigenvalue weighted by atomic mass is 35.5. The molecule has 0 fully saturated rings. The fourth-order valence-electron chi connectivity index (χ4n) is 3.66. The Balaban J connectivity index is 1.42. The summed E-state index contributed by atoms with van der Waals surface area (Å²) in [6.45, 7) is 4.09. The Kier molecular flexibility index (Phi) is 6.00. The highest BCUT2D eigenvalue weighted by Gasteiger charge is 2.18. The van der Waals surface area contributed by atoms with Crippen molar-refractivity contribution >= 4 is 39.4 Å². The van der Waals surface area contributed by atoms with E-state index in [2.05, 4.69) is 16.4 Å². The van der Waals surface area contributed by atoms with Gasteiger partial charge >= 0.3 is 5.63 Å². The maximum Gasteiger partial charge on any atom is 0.336 e. The quantitative estimate of drug-likeness (QED) is 0.412. The van der Waals surface area contributed by atoms with Gasteiger partial charge in [-0.25, -0.2) is 4.79 Å². The number of carbonyl (C=O) groups is 1. The van der Waals surface area contributed by atoms with Gasteiger partial charge in [0.1, 0.15) is 11.3 Å². The van der Waals surface area contributed by atoms with Gasteiger partial charge in [-0.2, -0.15) is 0 Å². The Labute approximate surface area is 184 Å². The molecule has 0 saturated carbocycles. The average Bonchev–Trinajstić information content (AvgIpc) is 3.17. The normalized spacial score (nSPS) is 12.2. The van der Waals surface area contributed by atoms with E-state index in [1.807, 2.05) is 31.3 Å². The summed E-state index contributed by atoms with van der Waals surface area (Å²) in [5, 5.41) is 5.16. The Morgan fingerprint density at radius 2 is 2.00 bits per heavy atom. The van der Waals surface area contributed by atoms with E-state index in [-0.39, 0.29) is 5.91 Å². The minimum absolute atomic E-state index is 0.250. The zero-order valence-electron chi connectivity index (χ0n) is 17.3. The van der Waals surface area contributed by atoms with Gasteiger partial charge in [-0.05, 0) is 43.0 Å². The van der Waals surface area contributed by atoms with Crippen molar-refractivity contribution in [3.8, 4) is 5.75 Å². The number of aromatic amines is 1. The molecule has 0 bridgehead atoms. The lowest BCUT2D eigenvalue weighted by molar-refractivity contribution is -0.127. The number of ether oxygens (including phenoxy) is 1. The maximum atomic E-state index is 12.5. The number of hydrogen-bond acceptors (Lipinski definition) is 4. The number of aromatic nitrogens is 1. The standard InChI is InChI=1S/C24H23ClN2O4/c1-3-15-10-23(28)31-21-12-22(19(25)11-18(15)21)30-14(2)24(29)26-9-8-16-13-27-20-7-5-4-6-17(16)20/h4-7,10-14,27H,3,8-9H2,1-2H3,(H,26,29). The molecular weight excluding hydrogens is 416 g/mol. The van der Waals surface area contributed by atoms with Gasteiger partial charge in [0.15, 0.2) is 6.10 Å². The van der Waals surface area contributed by atoms with Crippen LogP contribution in [0.25, 0.3) is 21.9 Å². The molecule has 4 rings (SSSR count). The summed E-state index contributed by atoms with van der Waals surface area (Å²) < 4.78 is 11.1. The summed E-state index contributed by atoms with van der Waals surface area (Å²) in [5.74, 6) is 0.0459. The van der Waals surface area contributed by atoms with Gasteiger partial charge < -0.3 is 19.5 Å². The zero-order valence-corrected chi connectivity index (χ0v) is 18.1. The zero-order chi connectivity index (χ0) is 22.0. The van der Waals surface area contributed by atoms with Crippen molar-refractivity contribution in [1.82, 2.24) is 10.3 Å². The van der Waals surface area contributed by atoms with Crippen LogP contribution in [0, 0.1) is 0 Å². The van der Waals surface area contributed by atoms with Crippen LogP contribution in [0.3, 0.4) is 0 Å². The number of hydrogen-bond donors (Lipinski definition) is 2. The van der Waals surface area contributed by atoms with Crippen LogP contribution in [-0.4, -0.2) is 23.5 Å². The Morgan fingerprint density at radius 1 is 1.19 bits per heavy atom. The lowest BCUT2D eigenvalue weighted by atomic mass is 10.1. The van der Waals surface area contributed by atoms with Crippen molar-refractivity contribution in [2.75, 3.05) is 6.54 Å². The van der Waals surface area contributed by atoms with Gasteiger partial charge in [-0.3, -0.25) is 4.79 Å². The molecule has 1 amide bonds. The molecule has 31 heavy (non-hydrogen) atoms. The molecule has 6 nitrogen and oxygen atoms in total. The second kappa shape index (κ2) is 8.86. The first kappa shape index (κ1) is 21.0. The number of aryl methyl sites for hydroxylation is 1. The summed E-state index contributed by atoms with van der Waals surface area (Å²) in [5.41, 5.74) is 3.02. The molecule has 0 radical (unpaired) electrons. The number of benzene rings is 2. The molecule has 160 valence electrons. The van der Waals surface area contributed by atoms with E-state index in [4.69, 9.17) is 20.8 Å². The largest absolute Gasteiger partial charge is 0.479 e. The fourth-order valence-corrected chi connectivity index (χ4v) is 3.87. The summed E-state index contributed by atoms with van der Waals surface area (Å²) in [6.07, 6.45) is 2.57. The van der Waals surface area contributed by atoms with Crippen LogP contribution in [0.1, 0.15) is 25.0 Å². The summed E-state index contributed by atoms with van der Waals surface area (Å²) in [7, 11) is 0. The number of para-hydroxylation sites is 1. The Bertz CT molecular complexity index is 1310. The first-order chi connectivity index (χ1) is 15.0. The number of halogens is 1. The van der Waals surface area contributed by atoms with Crippen LogP contribution in [-0.2, 0) is 17.6 Å². The summed E-state index contributed by atoms with van der Waals surface area (Å²) in [4.78, 5) is 27.5. The highest BCUT2D eigenvalue weighted by molar-refractivity contribution is 6.32. The summed E-state index contributed by atoms with van der Waals surface area (Å²) in [6, 6.07) is 12.8. The Hall–Kier alpha value is -3.25. The second-order valence-electron chi connectivity index (χ2n) is 7.38. The molecule has 0 spiro atoms. The number of fused-ring (bicyclic) bond motifs is 2. The van der Waals surface area contributed by atoms with Crippen molar-refractivity contribution in [3.63, 3.8) is 0 Å². The van der Waals surface area contributed by atoms with Crippen molar-refractivity contribution < 1.29 is 13.9 Å². The average molecular weight is 439 g/mol. The number of nitrogens with one attached hydrogen (secondary N) is 2. The first-order valence-corrected chi connectivity index (χ1v) is 10.6. The summed E-state index contributed by atoms with van der Waals surface area (Å²) >= 11 is 6.37. The van der Waals surface area contributed by atoms with Gasteiger partial charge in [0, 0.05) is 41.2 Å². The number of carbonyl (C=O) groups excluding carboxylic acids is 1. The van der Waals surface area contributed by atoms with E-state index in [1.54, 1.807) is 19.1 Å². The number of amides is 1. The number of H-pyrrole nitrogens is 1. The highest BCUT2D eigenvalue weighted by Crippen LogP contribution is 2.32. The van der Waals surface area contributed by atoms with E-state index >= 15 is 0 Å². The monoisotopic (exact) mass is 438 g/mol. The predicted octanol–water partition coefficient (Wildman–Crippen LogP) is 4.62. The third-order valence-electron chi connectivity index (χ3n) is 5.31. The van der Waals surface area contributed by atoms with Crippen LogP contribution in [0.5, 0.6) is 5.75 Å². The van der Waals surface area contributed by atoms with E-state index in [1.165, 1.54) is 6.07 Å². The van der Waals surface area contributed by atoms with Crippen LogP contribution in [0.15, 0.2) is 57.9 Å². The molecule has 2 aromatic heterocycles. The van der Waals surface area contributed by atoms with Crippen LogP contribution < -0.4 is 15.7 Å². The molecule has 7 heteroatoms. The first-order valence-electron chi connectivity index (χ1n) is 10.2. The Morgan fingerprint density at radius 3 is 2.81 bits per heavy atom. The predicted molar refractivity (Wildman–Crippen MR) is 122 cm³/mol. The van der Waals surface area contributed by atoms with Gasteiger partial charge in [-0.15, -0.1) is 0 Å². The van der Waals surface area contributed by atoms with Crippen molar-refractivity contribution in [1.29, 1.82) is 0 Å². The second-order valence-corrected chi connectivity index (χ2v) is 7.79. The van der Waals surface area contributed by atoms with E-state index in [0.717, 1.165) is 27.4 Å². The topological polar surface area (TPSA) is 84.3 Å². The molecule has 0 aliphatic carbocycles. The van der Waals surface area contributed by atoms with E-state index in [9.17, 15) is 9.59 Å². The van der Waals surface area contributed by atoms with Crippen LogP contribution >= 0.6 is 11.6 Å². The maximum absolute atomic E-state index is 12.5. The molecule has 4 aromatic rings. The number of rotatable bonds is 7. The van der Waals surface area contributed by atoms with E-state index in [0.29, 0.717) is 35.7 Å². The van der Waals surface area contributed by atoms with Crippen molar-refractivity contribution in [2.45, 2.75) is 32.8 Å². The lowest BCUT2D eigenvalue weighted by Crippen LogP contribution is -2.37. The molecule has 1 unspecified atom stereocenters. The van der Waals surface area contributed by atoms with Crippen molar-refractivity contribution in [3.05, 3.63) is 75.2 Å². The van der Waals surface area contributed by atoms with Crippen LogP contribution in [0.2, 0.25) is 5.02 Å². The SMILES string of the molecule is CCc1cc(=O)oc2cc(OC(C)C(=O)NCCc3c[nH]c4ccccc34)c(Cl)cc12. The fraction of sp³-hybridized carbons (Fsp3) is 0.250. The minimum atomic E-state index is -0.765. The van der Waals surface area contributed by atoms with E-state index < -0.39 is 11.7 Å². The minimum Gasteiger partial charge on any atom is -0.479 e. The van der Waals surface area contributed by atoms with Gasteiger partial charge in [0.2, 0.25) is 0 Å². The lowest BCUT2D eigenvalue weighted by Gasteiger charge is -2.16. The van der Waals surface area contributed by atoms with Gasteiger partial charge in [-0.1, -0.05) is 36.7 Å². The third-order valence-corrected chi connectivity index (χ3v) is 5.60.